The Morgan fingerprint density at radius 3 is 2.41 bits per heavy atom. The number of rotatable bonds is 7. The van der Waals surface area contributed by atoms with Gasteiger partial charge in [0.2, 0.25) is 21.8 Å². The number of nitrogens with one attached hydrogen (secondary N) is 2. The van der Waals surface area contributed by atoms with E-state index >= 15 is 0 Å². The number of halogens is 2. The first-order valence-electron chi connectivity index (χ1n) is 10.6. The summed E-state index contributed by atoms with van der Waals surface area (Å²) in [6.45, 7) is 1.88. The highest BCUT2D eigenvalue weighted by molar-refractivity contribution is 7.89. The fourth-order valence-corrected chi connectivity index (χ4v) is 5.67. The summed E-state index contributed by atoms with van der Waals surface area (Å²) in [7, 11) is -4.18. The highest BCUT2D eigenvalue weighted by atomic mass is 32.2. The van der Waals surface area contributed by atoms with Crippen LogP contribution in [0, 0.1) is 0 Å². The normalized spacial score (nSPS) is 18.2. The van der Waals surface area contributed by atoms with Crippen LogP contribution in [0.3, 0.4) is 0 Å². The summed E-state index contributed by atoms with van der Waals surface area (Å²) in [4.78, 5) is 27.9. The molecule has 2 aliphatic rings. The molecule has 2 N–H and O–H groups in total. The van der Waals surface area contributed by atoms with Gasteiger partial charge in [0.05, 0.1) is 10.9 Å². The van der Waals surface area contributed by atoms with Crippen LogP contribution < -0.4 is 9.62 Å². The first-order chi connectivity index (χ1) is 15.2. The van der Waals surface area contributed by atoms with Gasteiger partial charge in [0.25, 0.3) is 6.08 Å². The van der Waals surface area contributed by atoms with Gasteiger partial charge in [-0.15, -0.1) is 6.54 Å². The number of sulfonamides is 1. The molecule has 0 bridgehead atoms. The lowest BCUT2D eigenvalue weighted by Crippen LogP contribution is -2.51. The number of nitrogens with zero attached hydrogens (tertiary/aromatic N) is 2. The van der Waals surface area contributed by atoms with E-state index in [0.717, 1.165) is 0 Å². The van der Waals surface area contributed by atoms with Crippen molar-refractivity contribution in [2.45, 2.75) is 50.0 Å². The number of carbonyl (C=O) groups is 2. The maximum atomic E-state index is 13.2. The van der Waals surface area contributed by atoms with Gasteiger partial charge >= 0.3 is 0 Å². The average molecular weight is 470 g/mol. The Hall–Kier alpha value is -2.37. The predicted molar refractivity (Wildman–Crippen MR) is 116 cm³/mol. The number of hydrogen-bond acceptors (Lipinski definition) is 4. The number of anilines is 1. The van der Waals surface area contributed by atoms with E-state index in [1.807, 2.05) is 0 Å². The van der Waals surface area contributed by atoms with Crippen LogP contribution in [0.2, 0.25) is 0 Å². The molecule has 1 aromatic carbocycles. The maximum Gasteiger partial charge on any atom is 0.269 e. The Labute approximate surface area is 186 Å². The molecule has 1 aromatic rings. The summed E-state index contributed by atoms with van der Waals surface area (Å²) >= 11 is 0. The third kappa shape index (κ3) is 5.00. The number of piperidine rings is 1. The van der Waals surface area contributed by atoms with Crippen LogP contribution >= 0.6 is 0 Å². The van der Waals surface area contributed by atoms with Crippen molar-refractivity contribution in [3.05, 3.63) is 41.1 Å². The molecule has 0 aliphatic carbocycles. The van der Waals surface area contributed by atoms with E-state index in [2.05, 4.69) is 4.72 Å². The molecule has 2 aliphatic heterocycles. The van der Waals surface area contributed by atoms with Crippen LogP contribution in [0.25, 0.3) is 5.73 Å². The molecule has 0 spiro atoms. The zero-order valence-electron chi connectivity index (χ0n) is 17.9. The molecular weight excluding hydrogens is 442 g/mol. The fourth-order valence-electron chi connectivity index (χ4n) is 4.15. The summed E-state index contributed by atoms with van der Waals surface area (Å²) in [5.74, 6) is -0.671. The molecule has 176 valence electrons. The first kappa shape index (κ1) is 24.3. The molecule has 0 unspecified atom stereocenters. The van der Waals surface area contributed by atoms with E-state index in [4.69, 9.17) is 5.73 Å². The molecule has 2 saturated heterocycles. The van der Waals surface area contributed by atoms with E-state index in [1.54, 1.807) is 24.0 Å². The fraction of sp³-hybridized carbons (Fsp3) is 0.524. The Bertz CT molecular complexity index is 1010. The lowest BCUT2D eigenvalue weighted by molar-refractivity contribution is -0.133. The quantitative estimate of drug-likeness (QED) is 0.662. The molecule has 1 atom stereocenters. The van der Waals surface area contributed by atoms with Gasteiger partial charge in [-0.25, -0.2) is 13.1 Å². The number of carbonyl (C=O) groups excluding carboxylic acids is 2. The van der Waals surface area contributed by atoms with Crippen molar-refractivity contribution in [2.24, 2.45) is 0 Å². The lowest BCUT2D eigenvalue weighted by Gasteiger charge is -2.32. The lowest BCUT2D eigenvalue weighted by atomic mass is 10.0. The number of benzene rings is 1. The topological polar surface area (TPSA) is 111 Å². The molecule has 32 heavy (non-hydrogen) atoms. The van der Waals surface area contributed by atoms with Gasteiger partial charge in [0, 0.05) is 31.7 Å². The van der Waals surface area contributed by atoms with Gasteiger partial charge in [-0.1, -0.05) is 13.0 Å². The van der Waals surface area contributed by atoms with Crippen LogP contribution in [0.1, 0.15) is 38.2 Å². The molecule has 0 radical (unpaired) electrons. The summed E-state index contributed by atoms with van der Waals surface area (Å²) in [5.41, 5.74) is 8.71. The van der Waals surface area contributed by atoms with Crippen LogP contribution in [0.5, 0.6) is 0 Å². The van der Waals surface area contributed by atoms with Crippen molar-refractivity contribution < 1.29 is 26.8 Å². The average Bonchev–Trinajstić information content (AvgIpc) is 3.22. The second kappa shape index (κ2) is 10.1. The van der Waals surface area contributed by atoms with Crippen molar-refractivity contribution in [2.75, 3.05) is 31.1 Å². The minimum atomic E-state index is -4.18. The zero-order valence-corrected chi connectivity index (χ0v) is 18.7. The molecule has 2 fully saturated rings. The van der Waals surface area contributed by atoms with E-state index in [0.29, 0.717) is 37.1 Å². The zero-order chi connectivity index (χ0) is 23.5. The van der Waals surface area contributed by atoms with Crippen molar-refractivity contribution in [1.82, 2.24) is 9.62 Å². The first-order valence-corrected chi connectivity index (χ1v) is 12.1. The third-order valence-corrected chi connectivity index (χ3v) is 7.42. The molecule has 3 rings (SSSR count). The smallest absolute Gasteiger partial charge is 0.269 e. The van der Waals surface area contributed by atoms with Crippen LogP contribution in [-0.2, 0) is 26.0 Å². The number of amides is 2. The van der Waals surface area contributed by atoms with Crippen LogP contribution in [0.15, 0.2) is 34.7 Å². The van der Waals surface area contributed by atoms with Crippen molar-refractivity contribution in [3.8, 4) is 0 Å². The molecule has 8 nitrogen and oxygen atoms in total. The highest BCUT2D eigenvalue weighted by Crippen LogP contribution is 2.31. The molecule has 2 heterocycles. The Kier molecular flexibility index (Phi) is 7.63. The van der Waals surface area contributed by atoms with E-state index in [-0.39, 0.29) is 42.3 Å². The number of hydrogen-bond donors (Lipinski definition) is 1. The van der Waals surface area contributed by atoms with Gasteiger partial charge in [0.15, 0.2) is 0 Å². The van der Waals surface area contributed by atoms with Gasteiger partial charge in [-0.2, -0.15) is 8.78 Å². The Morgan fingerprint density at radius 1 is 1.19 bits per heavy atom. The summed E-state index contributed by atoms with van der Waals surface area (Å²) in [5, 5.41) is 0. The van der Waals surface area contributed by atoms with E-state index in [9.17, 15) is 26.8 Å². The Morgan fingerprint density at radius 2 is 1.88 bits per heavy atom. The van der Waals surface area contributed by atoms with Gasteiger partial charge < -0.3 is 15.5 Å². The SMILES string of the molecule is CCc1c(N2CCCC2=O)cccc1S(=O)(=O)N[C@@H](C[NH-])C(=O)N1CCC(=C(F)F)CC1. The maximum absolute atomic E-state index is 13.2. The number of likely N-dealkylation sites (tertiary alicyclic amines) is 1. The van der Waals surface area contributed by atoms with Gasteiger partial charge in [-0.3, -0.25) is 9.59 Å². The summed E-state index contributed by atoms with van der Waals surface area (Å²) < 4.78 is 54.2. The van der Waals surface area contributed by atoms with Crippen LogP contribution in [0.4, 0.5) is 14.5 Å². The minimum absolute atomic E-state index is 0.00193. The van der Waals surface area contributed by atoms with Crippen molar-refractivity contribution in [1.29, 1.82) is 0 Å². The molecule has 0 aromatic heterocycles. The van der Waals surface area contributed by atoms with E-state index < -0.39 is 34.6 Å². The summed E-state index contributed by atoms with van der Waals surface area (Å²) in [6.07, 6.45) is -0.225. The van der Waals surface area contributed by atoms with Crippen molar-refractivity contribution >= 4 is 27.5 Å². The second-order valence-electron chi connectivity index (χ2n) is 7.82. The van der Waals surface area contributed by atoms with Crippen LogP contribution in [-0.4, -0.2) is 57.4 Å². The molecule has 11 heteroatoms. The van der Waals surface area contributed by atoms with E-state index in [1.165, 1.54) is 11.0 Å². The monoisotopic (exact) mass is 469 g/mol. The molecule has 0 saturated carbocycles. The minimum Gasteiger partial charge on any atom is -0.676 e. The standard InChI is InChI=1S/C21H27F2N4O4S/c1-2-15-17(27-10-4-7-19(27)28)5-3-6-18(15)32(30,31)25-16(13-24)21(29)26-11-8-14(9-12-26)20(22)23/h3,5-6,16,24-25H,2,4,7-13H2,1H3/q-1/t16-/m0/s1. The van der Waals surface area contributed by atoms with Gasteiger partial charge in [-0.05, 0) is 49.0 Å². The second-order valence-corrected chi connectivity index (χ2v) is 9.51. The molecule has 2 amide bonds. The van der Waals surface area contributed by atoms with Crippen molar-refractivity contribution in [3.63, 3.8) is 0 Å². The Balaban J connectivity index is 1.82. The highest BCUT2D eigenvalue weighted by Gasteiger charge is 2.31. The molecular formula is C21H27F2N4O4S-. The largest absolute Gasteiger partial charge is 0.676 e. The van der Waals surface area contributed by atoms with Gasteiger partial charge in [0.1, 0.15) is 0 Å². The summed E-state index contributed by atoms with van der Waals surface area (Å²) in [6, 6.07) is 3.34. The predicted octanol–water partition coefficient (Wildman–Crippen LogP) is 2.85. The third-order valence-electron chi connectivity index (χ3n) is 5.86.